The second kappa shape index (κ2) is 21.0. The highest BCUT2D eigenvalue weighted by Crippen LogP contribution is 2.50. The Hall–Kier alpha value is -4.53. The van der Waals surface area contributed by atoms with Gasteiger partial charge in [-0.05, 0) is 83.1 Å². The fourth-order valence-electron chi connectivity index (χ4n) is 9.34. The quantitative estimate of drug-likeness (QED) is 0.142. The lowest BCUT2D eigenvalue weighted by atomic mass is 9.74. The number of amides is 3. The number of carbonyl (C=O) groups is 3. The van der Waals surface area contributed by atoms with Crippen molar-refractivity contribution < 1.29 is 28.6 Å². The van der Waals surface area contributed by atoms with Crippen LogP contribution in [0.1, 0.15) is 145 Å². The van der Waals surface area contributed by atoms with Gasteiger partial charge in [0.2, 0.25) is 0 Å². The van der Waals surface area contributed by atoms with Crippen LogP contribution in [0.2, 0.25) is 0 Å². The number of hydrogen-bond donors (Lipinski definition) is 0. The predicted octanol–water partition coefficient (Wildman–Crippen LogP) is 12.7. The van der Waals surface area contributed by atoms with E-state index in [1.165, 1.54) is 5.56 Å². The number of hydrogen-bond acceptors (Lipinski definition) is 6. The van der Waals surface area contributed by atoms with Gasteiger partial charge in [-0.3, -0.25) is 14.7 Å². The summed E-state index contributed by atoms with van der Waals surface area (Å²) < 4.78 is 16.8. The Balaban J connectivity index is 0.000000212. The average Bonchev–Trinajstić information content (AvgIpc) is 3.97. The van der Waals surface area contributed by atoms with Crippen LogP contribution in [0.4, 0.5) is 14.4 Å². The van der Waals surface area contributed by atoms with E-state index in [1.807, 2.05) is 69.3 Å². The summed E-state index contributed by atoms with van der Waals surface area (Å²) in [7, 11) is 0. The van der Waals surface area contributed by atoms with Crippen molar-refractivity contribution in [3.8, 4) is 0 Å². The second-order valence-corrected chi connectivity index (χ2v) is 18.6. The third kappa shape index (κ3) is 10.2. The molecule has 61 heavy (non-hydrogen) atoms. The molecule has 9 heteroatoms. The van der Waals surface area contributed by atoms with E-state index in [1.54, 1.807) is 0 Å². The Morgan fingerprint density at radius 3 is 1.36 bits per heavy atom. The van der Waals surface area contributed by atoms with E-state index in [0.717, 1.165) is 56.1 Å². The van der Waals surface area contributed by atoms with E-state index in [4.69, 9.17) is 14.2 Å². The molecule has 336 valence electrons. The zero-order valence-corrected chi connectivity index (χ0v) is 39.7. The lowest BCUT2D eigenvalue weighted by Crippen LogP contribution is -2.56. The van der Waals surface area contributed by atoms with E-state index in [-0.39, 0.29) is 58.9 Å². The summed E-state index contributed by atoms with van der Waals surface area (Å²) in [5.74, 6) is 0.683. The zero-order chi connectivity index (χ0) is 45.2. The molecule has 3 aromatic rings. The first-order chi connectivity index (χ1) is 29.0. The van der Waals surface area contributed by atoms with Crippen LogP contribution in [0.25, 0.3) is 0 Å². The minimum atomic E-state index is -0.806. The molecule has 3 heterocycles. The molecule has 3 fully saturated rings. The molecule has 3 aromatic carbocycles. The van der Waals surface area contributed by atoms with E-state index in [9.17, 15) is 14.4 Å². The average molecular weight is 840 g/mol. The molecule has 0 bridgehead atoms. The van der Waals surface area contributed by atoms with Gasteiger partial charge in [0, 0.05) is 27.7 Å². The van der Waals surface area contributed by atoms with E-state index < -0.39 is 5.60 Å². The van der Waals surface area contributed by atoms with Crippen molar-refractivity contribution in [1.29, 1.82) is 0 Å². The van der Waals surface area contributed by atoms with Gasteiger partial charge >= 0.3 is 18.3 Å². The molecule has 3 aliphatic rings. The molecule has 0 aromatic heterocycles. The number of nitrogens with zero attached hydrogens (tertiary/aromatic N) is 3. The Morgan fingerprint density at radius 1 is 0.541 bits per heavy atom. The summed E-state index contributed by atoms with van der Waals surface area (Å²) >= 11 is 0. The van der Waals surface area contributed by atoms with Crippen molar-refractivity contribution in [2.45, 2.75) is 175 Å². The summed E-state index contributed by atoms with van der Waals surface area (Å²) in [5.41, 5.74) is 2.11. The highest BCUT2D eigenvalue weighted by molar-refractivity contribution is 5.75. The van der Waals surface area contributed by atoms with Gasteiger partial charge in [-0.15, -0.1) is 0 Å². The van der Waals surface area contributed by atoms with Gasteiger partial charge in [0.1, 0.15) is 13.2 Å². The number of rotatable bonds is 15. The van der Waals surface area contributed by atoms with Crippen LogP contribution in [-0.4, -0.2) is 80.9 Å². The molecule has 9 nitrogen and oxygen atoms in total. The van der Waals surface area contributed by atoms with Gasteiger partial charge in [-0.25, -0.2) is 14.4 Å². The fourth-order valence-corrected chi connectivity index (χ4v) is 9.34. The molecule has 6 rings (SSSR count). The first-order valence-electron chi connectivity index (χ1n) is 23.1. The molecule has 3 amide bonds. The topological polar surface area (TPSA) is 88.6 Å². The summed E-state index contributed by atoms with van der Waals surface area (Å²) in [5, 5.41) is 0. The summed E-state index contributed by atoms with van der Waals surface area (Å²) in [6.45, 7) is 29.0. The van der Waals surface area contributed by atoms with Crippen LogP contribution in [0.5, 0.6) is 0 Å². The Bertz CT molecular complexity index is 1780. The highest BCUT2D eigenvalue weighted by Gasteiger charge is 2.60. The SMILES string of the molecule is CCC(C)(CC)N1C(=O)OC(c2ccccc2)(c2ccccc2)[C@@H]1C(C)C.CCC(C)(CC)N1C(=O)OC[C@@H]1C(C)C.CCC(C)(CC)N1C(=O)OC[C@@H]1Cc1ccccc1. The second-order valence-electron chi connectivity index (χ2n) is 18.6. The van der Waals surface area contributed by atoms with Crippen LogP contribution in [0.15, 0.2) is 91.0 Å². The first kappa shape index (κ1) is 49.1. The lowest BCUT2D eigenvalue weighted by molar-refractivity contribution is 0.0410. The number of cyclic esters (lactones) is 3. The number of carbonyl (C=O) groups excluding carboxylic acids is 3. The summed E-state index contributed by atoms with van der Waals surface area (Å²) in [6.07, 6.45) is 5.97. The molecule has 0 saturated carbocycles. The van der Waals surface area contributed by atoms with Crippen molar-refractivity contribution in [2.75, 3.05) is 13.2 Å². The Morgan fingerprint density at radius 2 is 0.934 bits per heavy atom. The largest absolute Gasteiger partial charge is 0.447 e. The highest BCUT2D eigenvalue weighted by atomic mass is 16.6. The molecule has 3 aliphatic heterocycles. The molecule has 0 unspecified atom stereocenters. The van der Waals surface area contributed by atoms with Gasteiger partial charge in [-0.2, -0.15) is 0 Å². The van der Waals surface area contributed by atoms with Crippen molar-refractivity contribution in [3.63, 3.8) is 0 Å². The third-order valence-electron chi connectivity index (χ3n) is 14.4. The Kier molecular flexibility index (Phi) is 16.9. The molecule has 0 radical (unpaired) electrons. The van der Waals surface area contributed by atoms with Crippen molar-refractivity contribution >= 4 is 18.3 Å². The minimum absolute atomic E-state index is 0.0531. The smallest absolute Gasteiger partial charge is 0.411 e. The predicted molar refractivity (Wildman–Crippen MR) is 247 cm³/mol. The Labute approximate surface area is 368 Å². The molecule has 3 atom stereocenters. The first-order valence-corrected chi connectivity index (χ1v) is 23.1. The normalized spacial score (nSPS) is 20.2. The molecular weight excluding hydrogens is 763 g/mol. The number of benzene rings is 3. The zero-order valence-electron chi connectivity index (χ0n) is 39.7. The van der Waals surface area contributed by atoms with Gasteiger partial charge in [0.05, 0.1) is 18.1 Å². The van der Waals surface area contributed by atoms with Crippen LogP contribution in [-0.2, 0) is 26.2 Å². The van der Waals surface area contributed by atoms with Crippen molar-refractivity contribution in [2.24, 2.45) is 11.8 Å². The lowest BCUT2D eigenvalue weighted by Gasteiger charge is -2.45. The van der Waals surface area contributed by atoms with Gasteiger partial charge in [-0.1, -0.05) is 160 Å². The van der Waals surface area contributed by atoms with Crippen LogP contribution >= 0.6 is 0 Å². The van der Waals surface area contributed by atoms with Crippen LogP contribution in [0, 0.1) is 11.8 Å². The summed E-state index contributed by atoms with van der Waals surface area (Å²) in [6, 6.07) is 31.0. The maximum Gasteiger partial charge on any atom is 0.411 e. The maximum absolute atomic E-state index is 13.3. The molecule has 0 spiro atoms. The summed E-state index contributed by atoms with van der Waals surface area (Å²) in [4.78, 5) is 43.1. The molecule has 3 saturated heterocycles. The van der Waals surface area contributed by atoms with Crippen LogP contribution in [0.3, 0.4) is 0 Å². The maximum atomic E-state index is 13.3. The third-order valence-corrected chi connectivity index (χ3v) is 14.4. The number of ether oxygens (including phenoxy) is 3. The standard InChI is InChI=1S/C24H31NO2.C16H23NO2.C12H23NO2/c1-6-23(5,7-2)25-21(18(3)4)24(27-22(25)26,19-14-10-8-11-15-19)20-16-12-9-13-17-20;1-4-16(3,5-2)17-14(12-19-15(17)18)11-13-9-7-6-8-10-13;1-6-12(5,7-2)13-10(9(3)4)8-15-11(13)14/h8-18,21H,6-7H2,1-5H3;6-10,14H,4-5,11-12H2,1-3H3;9-10H,6-8H2,1-5H3/t21-;14-;10-/m001/s1. The van der Waals surface area contributed by atoms with Gasteiger partial charge in [0.15, 0.2) is 5.60 Å². The van der Waals surface area contributed by atoms with Crippen molar-refractivity contribution in [3.05, 3.63) is 108 Å². The van der Waals surface area contributed by atoms with E-state index in [0.29, 0.717) is 19.1 Å². The molecular formula is C52H77N3O6. The van der Waals surface area contributed by atoms with Gasteiger partial charge < -0.3 is 14.2 Å². The van der Waals surface area contributed by atoms with Crippen molar-refractivity contribution in [1.82, 2.24) is 14.7 Å². The molecule has 0 N–H and O–H groups in total. The monoisotopic (exact) mass is 840 g/mol. The van der Waals surface area contributed by atoms with Crippen LogP contribution < -0.4 is 0 Å². The van der Waals surface area contributed by atoms with E-state index in [2.05, 4.69) is 126 Å². The fraction of sp³-hybridized carbons (Fsp3) is 0.596. The minimum Gasteiger partial charge on any atom is -0.447 e. The molecule has 0 aliphatic carbocycles. The van der Waals surface area contributed by atoms with Gasteiger partial charge in [0.25, 0.3) is 0 Å². The van der Waals surface area contributed by atoms with E-state index >= 15 is 0 Å².